The molecule has 0 bridgehead atoms. The van der Waals surface area contributed by atoms with Crippen LogP contribution in [-0.4, -0.2) is 21.4 Å². The maximum Gasteiger partial charge on any atom is 0.245 e. The van der Waals surface area contributed by atoms with Gasteiger partial charge >= 0.3 is 0 Å². The molecule has 0 N–H and O–H groups in total. The van der Waals surface area contributed by atoms with Crippen molar-refractivity contribution in [3.8, 4) is 17.7 Å². The molecule has 5 nitrogen and oxygen atoms in total. The molecule has 1 aliphatic heterocycles. The smallest absolute Gasteiger partial charge is 0.245 e. The molecule has 118 valence electrons. The molecule has 5 heteroatoms. The van der Waals surface area contributed by atoms with Crippen LogP contribution in [0, 0.1) is 11.3 Å². The van der Waals surface area contributed by atoms with Crippen LogP contribution in [0.1, 0.15) is 22.6 Å². The lowest BCUT2D eigenvalue weighted by Gasteiger charge is -2.25. The quantitative estimate of drug-likeness (QED) is 0.742. The highest BCUT2D eigenvalue weighted by Gasteiger charge is 2.23. The van der Waals surface area contributed by atoms with Crippen molar-refractivity contribution in [3.63, 3.8) is 0 Å². The lowest BCUT2D eigenvalue weighted by molar-refractivity contribution is 0.232. The Morgan fingerprint density at radius 1 is 1.21 bits per heavy atom. The fourth-order valence-electron chi connectivity index (χ4n) is 2.98. The molecule has 3 heterocycles. The molecule has 0 atom stereocenters. The maximum atomic E-state index is 9.02. The third kappa shape index (κ3) is 2.92. The van der Waals surface area contributed by atoms with Gasteiger partial charge in [0, 0.05) is 32.3 Å². The molecule has 0 aliphatic carbocycles. The van der Waals surface area contributed by atoms with Crippen molar-refractivity contribution in [2.45, 2.75) is 19.5 Å². The van der Waals surface area contributed by atoms with E-state index in [4.69, 9.17) is 9.68 Å². The Labute approximate surface area is 140 Å². The van der Waals surface area contributed by atoms with Gasteiger partial charge in [0.25, 0.3) is 0 Å². The van der Waals surface area contributed by atoms with Gasteiger partial charge in [-0.15, -0.1) is 0 Å². The van der Waals surface area contributed by atoms with Crippen molar-refractivity contribution in [1.29, 1.82) is 5.26 Å². The normalized spacial score (nSPS) is 14.1. The van der Waals surface area contributed by atoms with Crippen molar-refractivity contribution in [1.82, 2.24) is 14.9 Å². The van der Waals surface area contributed by atoms with E-state index in [9.17, 15) is 0 Å². The molecule has 24 heavy (non-hydrogen) atoms. The average molecular weight is 316 g/mol. The Bertz CT molecular complexity index is 895. The standard InChI is InChI=1S/C19H16N4O/c20-11-14-4-3-5-15(10-14)12-23-9-7-18-17(13-23)22-19(24-18)16-6-1-2-8-21-16/h1-6,8,10H,7,9,12-13H2. The molecular formula is C19H16N4O. The molecule has 3 aromatic rings. The minimum atomic E-state index is 0.592. The molecule has 0 amide bonds. The summed E-state index contributed by atoms with van der Waals surface area (Å²) in [7, 11) is 0. The van der Waals surface area contributed by atoms with E-state index in [-0.39, 0.29) is 0 Å². The van der Waals surface area contributed by atoms with Gasteiger partial charge in [0.05, 0.1) is 17.3 Å². The Morgan fingerprint density at radius 2 is 2.17 bits per heavy atom. The highest BCUT2D eigenvalue weighted by Crippen LogP contribution is 2.25. The molecule has 0 radical (unpaired) electrons. The van der Waals surface area contributed by atoms with Crippen LogP contribution in [0.5, 0.6) is 0 Å². The van der Waals surface area contributed by atoms with Crippen LogP contribution in [0.2, 0.25) is 0 Å². The number of oxazole rings is 1. The largest absolute Gasteiger partial charge is 0.440 e. The fraction of sp³-hybridized carbons (Fsp3) is 0.211. The van der Waals surface area contributed by atoms with Crippen molar-refractivity contribution < 1.29 is 4.42 Å². The topological polar surface area (TPSA) is 66.0 Å². The van der Waals surface area contributed by atoms with E-state index in [0.29, 0.717) is 11.5 Å². The minimum absolute atomic E-state index is 0.592. The highest BCUT2D eigenvalue weighted by molar-refractivity contribution is 5.47. The first-order chi connectivity index (χ1) is 11.8. The summed E-state index contributed by atoms with van der Waals surface area (Å²) in [5, 5.41) is 9.02. The summed E-state index contributed by atoms with van der Waals surface area (Å²) in [6.45, 7) is 2.48. The van der Waals surface area contributed by atoms with Crippen molar-refractivity contribution in [3.05, 3.63) is 71.2 Å². The Morgan fingerprint density at radius 3 is 3.00 bits per heavy atom. The lowest BCUT2D eigenvalue weighted by atomic mass is 10.1. The molecule has 0 saturated carbocycles. The van der Waals surface area contributed by atoms with Crippen LogP contribution in [0.15, 0.2) is 53.1 Å². The van der Waals surface area contributed by atoms with Crippen LogP contribution in [0.25, 0.3) is 11.6 Å². The SMILES string of the molecule is N#Cc1cccc(CN2CCc3oc(-c4ccccn4)nc3C2)c1. The third-order valence-corrected chi connectivity index (χ3v) is 4.15. The second-order valence-electron chi connectivity index (χ2n) is 5.88. The van der Waals surface area contributed by atoms with Gasteiger partial charge in [0.15, 0.2) is 0 Å². The number of nitrogens with zero attached hydrogens (tertiary/aromatic N) is 4. The molecule has 1 aromatic carbocycles. The van der Waals surface area contributed by atoms with Crippen LogP contribution in [-0.2, 0) is 19.5 Å². The third-order valence-electron chi connectivity index (χ3n) is 4.15. The predicted molar refractivity (Wildman–Crippen MR) is 88.7 cm³/mol. The van der Waals surface area contributed by atoms with Gasteiger partial charge in [0.2, 0.25) is 5.89 Å². The number of nitriles is 1. The van der Waals surface area contributed by atoms with E-state index < -0.39 is 0 Å². The number of fused-ring (bicyclic) bond motifs is 1. The van der Waals surface area contributed by atoms with E-state index in [1.165, 1.54) is 0 Å². The molecule has 0 fully saturated rings. The molecule has 0 saturated heterocycles. The van der Waals surface area contributed by atoms with Gasteiger partial charge in [-0.3, -0.25) is 9.88 Å². The molecule has 4 rings (SSSR count). The summed E-state index contributed by atoms with van der Waals surface area (Å²) >= 11 is 0. The lowest BCUT2D eigenvalue weighted by Crippen LogP contribution is -2.29. The summed E-state index contributed by atoms with van der Waals surface area (Å²) in [5.41, 5.74) is 3.59. The molecular weight excluding hydrogens is 300 g/mol. The Hall–Kier alpha value is -2.97. The van der Waals surface area contributed by atoms with Crippen molar-refractivity contribution >= 4 is 0 Å². The summed E-state index contributed by atoms with van der Waals surface area (Å²) in [6.07, 6.45) is 2.58. The van der Waals surface area contributed by atoms with E-state index in [1.54, 1.807) is 6.20 Å². The number of rotatable bonds is 3. The second kappa shape index (κ2) is 6.26. The molecule has 2 aromatic heterocycles. The summed E-state index contributed by atoms with van der Waals surface area (Å²) in [4.78, 5) is 11.2. The highest BCUT2D eigenvalue weighted by atomic mass is 16.4. The van der Waals surface area contributed by atoms with Gasteiger partial charge in [-0.2, -0.15) is 5.26 Å². The van der Waals surface area contributed by atoms with Crippen LogP contribution in [0.4, 0.5) is 0 Å². The van der Waals surface area contributed by atoms with E-state index >= 15 is 0 Å². The molecule has 1 aliphatic rings. The monoisotopic (exact) mass is 316 g/mol. The number of pyridine rings is 1. The fourth-order valence-corrected chi connectivity index (χ4v) is 2.98. The second-order valence-corrected chi connectivity index (χ2v) is 5.88. The van der Waals surface area contributed by atoms with Gasteiger partial charge in [-0.05, 0) is 29.8 Å². The van der Waals surface area contributed by atoms with E-state index in [0.717, 1.165) is 48.8 Å². The first-order valence-electron chi connectivity index (χ1n) is 7.93. The van der Waals surface area contributed by atoms with Crippen molar-refractivity contribution in [2.24, 2.45) is 0 Å². The van der Waals surface area contributed by atoms with E-state index in [2.05, 4.69) is 27.0 Å². The first kappa shape index (κ1) is 14.6. The average Bonchev–Trinajstić information content (AvgIpc) is 3.06. The minimum Gasteiger partial charge on any atom is -0.440 e. The zero-order chi connectivity index (χ0) is 16.4. The summed E-state index contributed by atoms with van der Waals surface area (Å²) in [5.74, 6) is 1.55. The van der Waals surface area contributed by atoms with E-state index in [1.807, 2.05) is 36.4 Å². The molecule has 0 unspecified atom stereocenters. The first-order valence-corrected chi connectivity index (χ1v) is 7.93. The maximum absolute atomic E-state index is 9.02. The summed E-state index contributed by atoms with van der Waals surface area (Å²) in [6, 6.07) is 15.7. The van der Waals surface area contributed by atoms with Crippen LogP contribution in [0.3, 0.4) is 0 Å². The van der Waals surface area contributed by atoms with Crippen molar-refractivity contribution in [2.75, 3.05) is 6.54 Å². The molecule has 0 spiro atoms. The van der Waals surface area contributed by atoms with Gasteiger partial charge < -0.3 is 4.42 Å². The number of aromatic nitrogens is 2. The Kier molecular flexibility index (Phi) is 3.81. The predicted octanol–water partition coefficient (Wildman–Crippen LogP) is 3.17. The Balaban J connectivity index is 1.52. The van der Waals surface area contributed by atoms with Crippen LogP contribution >= 0.6 is 0 Å². The zero-order valence-corrected chi connectivity index (χ0v) is 13.1. The number of benzene rings is 1. The van der Waals surface area contributed by atoms with Gasteiger partial charge in [0.1, 0.15) is 11.5 Å². The number of hydrogen-bond acceptors (Lipinski definition) is 5. The zero-order valence-electron chi connectivity index (χ0n) is 13.1. The van der Waals surface area contributed by atoms with Crippen LogP contribution < -0.4 is 0 Å². The summed E-state index contributed by atoms with van der Waals surface area (Å²) < 4.78 is 5.88. The number of hydrogen-bond donors (Lipinski definition) is 0. The van der Waals surface area contributed by atoms with Gasteiger partial charge in [-0.25, -0.2) is 4.98 Å². The van der Waals surface area contributed by atoms with Gasteiger partial charge in [-0.1, -0.05) is 18.2 Å².